The van der Waals surface area contributed by atoms with Gasteiger partial charge in [0.05, 0.1) is 11.6 Å². The summed E-state index contributed by atoms with van der Waals surface area (Å²) in [4.78, 5) is 10.2. The Bertz CT molecular complexity index is 330. The number of aryl methyl sites for hydroxylation is 1. The number of amides is 1. The summed E-state index contributed by atoms with van der Waals surface area (Å²) in [6.45, 7) is 1.79. The van der Waals surface area contributed by atoms with Crippen molar-refractivity contribution in [1.82, 2.24) is 10.2 Å². The molecular formula is C7H8ClN3O2. The molecule has 2 N–H and O–H groups in total. The number of nitrogens with zero attached hydrogens (tertiary/aromatic N) is 2. The highest BCUT2D eigenvalue weighted by Gasteiger charge is 2.03. The van der Waals surface area contributed by atoms with E-state index in [4.69, 9.17) is 16.7 Å². The van der Waals surface area contributed by atoms with Gasteiger partial charge >= 0.3 is 6.09 Å². The lowest BCUT2D eigenvalue weighted by Gasteiger charge is -2.02. The first-order chi connectivity index (χ1) is 6.13. The van der Waals surface area contributed by atoms with Crippen LogP contribution in [0.5, 0.6) is 0 Å². The number of carboxylic acid groups (broad SMARTS) is 1. The van der Waals surface area contributed by atoms with Crippen LogP contribution in [-0.4, -0.2) is 21.4 Å². The predicted molar refractivity (Wildman–Crippen MR) is 48.0 cm³/mol. The van der Waals surface area contributed by atoms with E-state index in [1.807, 2.05) is 0 Å². The lowest BCUT2D eigenvalue weighted by Crippen LogP contribution is -2.10. The molecule has 0 aromatic carbocycles. The van der Waals surface area contributed by atoms with Gasteiger partial charge < -0.3 is 5.11 Å². The van der Waals surface area contributed by atoms with Gasteiger partial charge in [-0.05, 0) is 18.6 Å². The van der Waals surface area contributed by atoms with E-state index in [1.165, 1.54) is 0 Å². The van der Waals surface area contributed by atoms with Gasteiger partial charge in [0.2, 0.25) is 0 Å². The summed E-state index contributed by atoms with van der Waals surface area (Å²) in [5.74, 6) is 0.477. The highest BCUT2D eigenvalue weighted by molar-refractivity contribution is 6.17. The Morgan fingerprint density at radius 3 is 2.85 bits per heavy atom. The maximum Gasteiger partial charge on any atom is 0.410 e. The number of carbonyl (C=O) groups is 1. The van der Waals surface area contributed by atoms with Gasteiger partial charge in [0.1, 0.15) is 0 Å². The fourth-order valence-corrected chi connectivity index (χ4v) is 1.08. The van der Waals surface area contributed by atoms with Crippen LogP contribution >= 0.6 is 11.6 Å². The van der Waals surface area contributed by atoms with Gasteiger partial charge in [-0.25, -0.2) is 4.79 Å². The molecule has 0 atom stereocenters. The molecule has 0 bridgehead atoms. The normalized spacial score (nSPS) is 9.69. The molecular weight excluding hydrogens is 194 g/mol. The minimum absolute atomic E-state index is 0.207. The Kier molecular flexibility index (Phi) is 3.02. The van der Waals surface area contributed by atoms with E-state index in [0.717, 1.165) is 5.56 Å². The Hall–Kier alpha value is -1.36. The summed E-state index contributed by atoms with van der Waals surface area (Å²) in [7, 11) is 0. The van der Waals surface area contributed by atoms with Gasteiger partial charge in [0, 0.05) is 0 Å². The van der Waals surface area contributed by atoms with Crippen molar-refractivity contribution >= 4 is 23.5 Å². The Morgan fingerprint density at radius 2 is 2.38 bits per heavy atom. The molecule has 0 aliphatic rings. The molecule has 0 aliphatic heterocycles. The molecule has 0 saturated carbocycles. The van der Waals surface area contributed by atoms with Crippen molar-refractivity contribution in [3.05, 3.63) is 17.3 Å². The van der Waals surface area contributed by atoms with E-state index < -0.39 is 6.09 Å². The van der Waals surface area contributed by atoms with E-state index in [0.29, 0.717) is 5.69 Å². The summed E-state index contributed by atoms with van der Waals surface area (Å²) < 4.78 is 0. The molecule has 0 unspecified atom stereocenters. The molecule has 1 rings (SSSR count). The van der Waals surface area contributed by atoms with Crippen molar-refractivity contribution in [2.45, 2.75) is 12.8 Å². The number of hydrogen-bond donors (Lipinski definition) is 2. The van der Waals surface area contributed by atoms with Crippen LogP contribution in [0.15, 0.2) is 6.07 Å². The first-order valence-electron chi connectivity index (χ1n) is 3.52. The quantitative estimate of drug-likeness (QED) is 0.713. The molecule has 1 amide bonds. The first-order valence-corrected chi connectivity index (χ1v) is 4.06. The van der Waals surface area contributed by atoms with E-state index >= 15 is 0 Å². The SMILES string of the molecule is Cc1cc(NC(=O)O)nnc1CCl. The third kappa shape index (κ3) is 2.55. The summed E-state index contributed by atoms with van der Waals surface area (Å²) in [5.41, 5.74) is 1.46. The highest BCUT2D eigenvalue weighted by Crippen LogP contribution is 2.10. The van der Waals surface area contributed by atoms with Crippen molar-refractivity contribution in [3.8, 4) is 0 Å². The van der Waals surface area contributed by atoms with Gasteiger partial charge in [0.15, 0.2) is 5.82 Å². The van der Waals surface area contributed by atoms with E-state index in [-0.39, 0.29) is 11.7 Å². The standard InChI is InChI=1S/C7H8ClN3O2/c1-4-2-6(9-7(12)13)11-10-5(4)3-8/h2H,3H2,1H3,(H,9,11)(H,12,13). The van der Waals surface area contributed by atoms with Crippen molar-refractivity contribution in [2.75, 3.05) is 5.32 Å². The summed E-state index contributed by atoms with van der Waals surface area (Å²) in [6, 6.07) is 1.58. The lowest BCUT2D eigenvalue weighted by molar-refractivity contribution is 0.209. The van der Waals surface area contributed by atoms with Crippen LogP contribution in [0.1, 0.15) is 11.3 Å². The molecule has 5 nitrogen and oxygen atoms in total. The molecule has 6 heteroatoms. The zero-order valence-electron chi connectivity index (χ0n) is 6.91. The average molecular weight is 202 g/mol. The molecule has 13 heavy (non-hydrogen) atoms. The number of aromatic nitrogens is 2. The van der Waals surface area contributed by atoms with Gasteiger partial charge in [-0.15, -0.1) is 16.7 Å². The molecule has 1 aromatic rings. The monoisotopic (exact) mass is 201 g/mol. The average Bonchev–Trinajstić information content (AvgIpc) is 2.03. The summed E-state index contributed by atoms with van der Waals surface area (Å²) in [6.07, 6.45) is -1.16. The molecule has 0 spiro atoms. The smallest absolute Gasteiger partial charge is 0.410 e. The van der Waals surface area contributed by atoms with Gasteiger partial charge in [-0.1, -0.05) is 0 Å². The second-order valence-electron chi connectivity index (χ2n) is 2.42. The van der Waals surface area contributed by atoms with Crippen LogP contribution in [0.25, 0.3) is 0 Å². The molecule has 1 heterocycles. The fraction of sp³-hybridized carbons (Fsp3) is 0.286. The minimum atomic E-state index is -1.16. The van der Waals surface area contributed by atoms with E-state index in [2.05, 4.69) is 15.5 Å². The van der Waals surface area contributed by atoms with E-state index in [1.54, 1.807) is 13.0 Å². The topological polar surface area (TPSA) is 75.1 Å². The summed E-state index contributed by atoms with van der Waals surface area (Å²) >= 11 is 5.55. The van der Waals surface area contributed by atoms with Crippen molar-refractivity contribution in [1.29, 1.82) is 0 Å². The van der Waals surface area contributed by atoms with Crippen LogP contribution in [0.3, 0.4) is 0 Å². The number of nitrogens with one attached hydrogen (secondary N) is 1. The third-order valence-corrected chi connectivity index (χ3v) is 1.70. The first kappa shape index (κ1) is 9.73. The van der Waals surface area contributed by atoms with Crippen LogP contribution in [0, 0.1) is 6.92 Å². The van der Waals surface area contributed by atoms with Gasteiger partial charge in [-0.3, -0.25) is 5.32 Å². The summed E-state index contributed by atoms with van der Waals surface area (Å²) in [5, 5.41) is 17.8. The Labute approximate surface area is 79.7 Å². The number of alkyl halides is 1. The van der Waals surface area contributed by atoms with Crippen LogP contribution in [-0.2, 0) is 5.88 Å². The number of halogens is 1. The zero-order valence-corrected chi connectivity index (χ0v) is 7.67. The minimum Gasteiger partial charge on any atom is -0.465 e. The Balaban J connectivity index is 2.89. The molecule has 0 radical (unpaired) electrons. The third-order valence-electron chi connectivity index (χ3n) is 1.45. The number of rotatable bonds is 2. The maximum atomic E-state index is 10.2. The second kappa shape index (κ2) is 4.04. The van der Waals surface area contributed by atoms with E-state index in [9.17, 15) is 4.79 Å². The van der Waals surface area contributed by atoms with Crippen LogP contribution in [0.4, 0.5) is 10.6 Å². The number of hydrogen-bond acceptors (Lipinski definition) is 3. The van der Waals surface area contributed by atoms with Gasteiger partial charge in [0.25, 0.3) is 0 Å². The lowest BCUT2D eigenvalue weighted by atomic mass is 10.2. The van der Waals surface area contributed by atoms with Crippen LogP contribution < -0.4 is 5.32 Å². The Morgan fingerprint density at radius 1 is 1.69 bits per heavy atom. The van der Waals surface area contributed by atoms with Crippen molar-refractivity contribution < 1.29 is 9.90 Å². The zero-order chi connectivity index (χ0) is 9.84. The predicted octanol–water partition coefficient (Wildman–Crippen LogP) is 1.61. The van der Waals surface area contributed by atoms with Crippen molar-refractivity contribution in [3.63, 3.8) is 0 Å². The number of anilines is 1. The van der Waals surface area contributed by atoms with Crippen molar-refractivity contribution in [2.24, 2.45) is 0 Å². The molecule has 0 aliphatic carbocycles. The highest BCUT2D eigenvalue weighted by atomic mass is 35.5. The molecule has 1 aromatic heterocycles. The van der Waals surface area contributed by atoms with Crippen LogP contribution in [0.2, 0.25) is 0 Å². The van der Waals surface area contributed by atoms with Gasteiger partial charge in [-0.2, -0.15) is 5.10 Å². The maximum absolute atomic E-state index is 10.2. The fourth-order valence-electron chi connectivity index (χ4n) is 0.813. The molecule has 70 valence electrons. The molecule has 0 fully saturated rings. The largest absolute Gasteiger partial charge is 0.465 e. The molecule has 0 saturated heterocycles. The second-order valence-corrected chi connectivity index (χ2v) is 2.69.